The van der Waals surface area contributed by atoms with E-state index < -0.39 is 5.67 Å². The van der Waals surface area contributed by atoms with E-state index >= 15 is 0 Å². The average Bonchev–Trinajstić information content (AvgIpc) is 2.44. The summed E-state index contributed by atoms with van der Waals surface area (Å²) in [6.07, 6.45) is 4.29. The molecule has 112 valence electrons. The molecule has 2 atom stereocenters. The summed E-state index contributed by atoms with van der Waals surface area (Å²) in [6, 6.07) is 5.59. The highest BCUT2D eigenvalue weighted by Crippen LogP contribution is 2.32. The number of alkyl halides is 1. The molecule has 3 rings (SSSR count). The summed E-state index contributed by atoms with van der Waals surface area (Å²) in [7, 11) is 2.60. The van der Waals surface area contributed by atoms with Gasteiger partial charge in [-0.1, -0.05) is 21.0 Å². The first-order chi connectivity index (χ1) is 10.1. The van der Waals surface area contributed by atoms with E-state index in [1.807, 2.05) is 16.8 Å². The minimum absolute atomic E-state index is 0.417. The van der Waals surface area contributed by atoms with Gasteiger partial charge >= 0.3 is 0 Å². The van der Waals surface area contributed by atoms with Gasteiger partial charge < -0.3 is 0 Å². The van der Waals surface area contributed by atoms with Crippen LogP contribution in [0.1, 0.15) is 25.0 Å². The molecule has 1 fully saturated rings. The number of nitrogens with zero attached hydrogens (tertiary/aromatic N) is 3. The molecule has 0 spiro atoms. The Kier molecular flexibility index (Phi) is 4.39. The number of fused-ring (bicyclic) bond motifs is 1. The fraction of sp³-hybridized carbons (Fsp3) is 0.467. The minimum atomic E-state index is -1.14. The highest BCUT2D eigenvalue weighted by atomic mass is 35.5. The molecule has 0 amide bonds. The monoisotopic (exact) mass is 325 g/mol. The second-order valence-electron chi connectivity index (χ2n) is 5.69. The molecule has 6 heteroatoms. The van der Waals surface area contributed by atoms with Crippen LogP contribution in [0.3, 0.4) is 0 Å². The van der Waals surface area contributed by atoms with E-state index in [9.17, 15) is 4.39 Å². The molecule has 3 nitrogen and oxygen atoms in total. The summed E-state index contributed by atoms with van der Waals surface area (Å²) < 4.78 is 16.9. The van der Waals surface area contributed by atoms with Crippen molar-refractivity contribution in [1.82, 2.24) is 14.6 Å². The van der Waals surface area contributed by atoms with Crippen LogP contribution in [0.4, 0.5) is 4.39 Å². The van der Waals surface area contributed by atoms with Crippen molar-refractivity contribution < 1.29 is 4.39 Å². The standard InChI is InChI=1S/C15H18ClFN3P/c16-14-9-13-11(3-1-7-18-13)12(19-14)4-6-15(17)5-2-8-20(21)10-15/h1,3,7,9H,2,4-6,8,10,21H2. The second kappa shape index (κ2) is 6.12. The SMILES string of the molecule is FC1(CCc2nc(Cl)cc3ncccc23)CCCN(P)C1. The van der Waals surface area contributed by atoms with E-state index in [-0.39, 0.29) is 0 Å². The molecule has 0 aromatic carbocycles. The zero-order valence-corrected chi connectivity index (χ0v) is 13.6. The predicted molar refractivity (Wildman–Crippen MR) is 87.2 cm³/mol. The Hall–Kier alpha value is -0.830. The molecule has 1 saturated heterocycles. The van der Waals surface area contributed by atoms with Gasteiger partial charge in [0.2, 0.25) is 0 Å². The molecule has 2 aromatic rings. The Labute approximate surface area is 131 Å². The molecular weight excluding hydrogens is 308 g/mol. The van der Waals surface area contributed by atoms with Crippen LogP contribution in [0.15, 0.2) is 24.4 Å². The highest BCUT2D eigenvalue weighted by Gasteiger charge is 2.34. The van der Waals surface area contributed by atoms with Crippen LogP contribution < -0.4 is 0 Å². The van der Waals surface area contributed by atoms with E-state index in [4.69, 9.17) is 11.6 Å². The maximum Gasteiger partial charge on any atom is 0.131 e. The van der Waals surface area contributed by atoms with Crippen molar-refractivity contribution in [2.24, 2.45) is 0 Å². The zero-order valence-electron chi connectivity index (χ0n) is 11.7. The summed E-state index contributed by atoms with van der Waals surface area (Å²) in [6.45, 7) is 1.41. The summed E-state index contributed by atoms with van der Waals surface area (Å²) in [4.78, 5) is 8.67. The van der Waals surface area contributed by atoms with Gasteiger partial charge in [-0.3, -0.25) is 9.65 Å². The van der Waals surface area contributed by atoms with Crippen LogP contribution >= 0.6 is 21.0 Å². The molecule has 0 saturated carbocycles. The number of rotatable bonds is 3. The molecule has 0 N–H and O–H groups in total. The third-order valence-electron chi connectivity index (χ3n) is 4.01. The zero-order chi connectivity index (χ0) is 14.9. The summed E-state index contributed by atoms with van der Waals surface area (Å²) in [5.74, 6) is 0. The molecular formula is C15H18ClFN3P. The van der Waals surface area contributed by atoms with Gasteiger partial charge in [0.15, 0.2) is 0 Å². The number of aromatic nitrogens is 2. The van der Waals surface area contributed by atoms with Gasteiger partial charge in [-0.2, -0.15) is 0 Å². The Balaban J connectivity index is 1.82. The minimum Gasteiger partial charge on any atom is -0.284 e. The lowest BCUT2D eigenvalue weighted by Crippen LogP contribution is -2.41. The van der Waals surface area contributed by atoms with Crippen molar-refractivity contribution in [3.8, 4) is 0 Å². The van der Waals surface area contributed by atoms with Gasteiger partial charge in [0.1, 0.15) is 10.8 Å². The van der Waals surface area contributed by atoms with E-state index in [2.05, 4.69) is 19.4 Å². The van der Waals surface area contributed by atoms with Gasteiger partial charge in [-0.25, -0.2) is 9.37 Å². The van der Waals surface area contributed by atoms with Crippen molar-refractivity contribution in [2.45, 2.75) is 31.4 Å². The van der Waals surface area contributed by atoms with E-state index in [1.54, 1.807) is 12.3 Å². The maximum absolute atomic E-state index is 14.9. The van der Waals surface area contributed by atoms with Crippen LogP contribution in [0.25, 0.3) is 10.9 Å². The lowest BCUT2D eigenvalue weighted by molar-refractivity contribution is 0.0785. The normalized spacial score (nSPS) is 23.6. The molecule has 3 heterocycles. The van der Waals surface area contributed by atoms with Gasteiger partial charge in [-0.05, 0) is 37.8 Å². The topological polar surface area (TPSA) is 29.0 Å². The van der Waals surface area contributed by atoms with Gasteiger partial charge in [0, 0.05) is 30.7 Å². The highest BCUT2D eigenvalue weighted by molar-refractivity contribution is 7.13. The first kappa shape index (κ1) is 15.1. The van der Waals surface area contributed by atoms with Crippen LogP contribution in [0.5, 0.6) is 0 Å². The number of piperidine rings is 1. The van der Waals surface area contributed by atoms with Crippen LogP contribution in [-0.4, -0.2) is 33.4 Å². The Bertz CT molecular complexity index is 654. The lowest BCUT2D eigenvalue weighted by atomic mass is 9.90. The fourth-order valence-electron chi connectivity index (χ4n) is 2.97. The number of hydrogen-bond acceptors (Lipinski definition) is 3. The summed E-state index contributed by atoms with van der Waals surface area (Å²) in [5, 5.41) is 1.38. The fourth-order valence-corrected chi connectivity index (χ4v) is 3.68. The Morgan fingerprint density at radius 1 is 1.48 bits per heavy atom. The van der Waals surface area contributed by atoms with Crippen molar-refractivity contribution in [3.63, 3.8) is 0 Å². The van der Waals surface area contributed by atoms with Gasteiger partial charge in [0.25, 0.3) is 0 Å². The van der Waals surface area contributed by atoms with Crippen LogP contribution in [-0.2, 0) is 6.42 Å². The van der Waals surface area contributed by atoms with Crippen molar-refractivity contribution in [3.05, 3.63) is 35.2 Å². The summed E-state index contributed by atoms with van der Waals surface area (Å²) >= 11 is 6.05. The van der Waals surface area contributed by atoms with E-state index in [1.165, 1.54) is 0 Å². The van der Waals surface area contributed by atoms with Crippen LogP contribution in [0.2, 0.25) is 5.15 Å². The number of pyridine rings is 2. The maximum atomic E-state index is 14.9. The molecule has 2 aromatic heterocycles. The lowest BCUT2D eigenvalue weighted by Gasteiger charge is -2.35. The smallest absolute Gasteiger partial charge is 0.131 e. The van der Waals surface area contributed by atoms with Crippen molar-refractivity contribution in [1.29, 1.82) is 0 Å². The van der Waals surface area contributed by atoms with Crippen molar-refractivity contribution >= 4 is 31.9 Å². The van der Waals surface area contributed by atoms with Crippen LogP contribution in [0, 0.1) is 0 Å². The van der Waals surface area contributed by atoms with Gasteiger partial charge in [0.05, 0.1) is 11.2 Å². The molecule has 21 heavy (non-hydrogen) atoms. The average molecular weight is 326 g/mol. The Morgan fingerprint density at radius 2 is 2.33 bits per heavy atom. The third-order valence-corrected chi connectivity index (χ3v) is 4.65. The predicted octanol–water partition coefficient (Wildman–Crippen LogP) is 3.81. The molecule has 2 unspecified atom stereocenters. The summed E-state index contributed by atoms with van der Waals surface area (Å²) in [5.41, 5.74) is 0.513. The Morgan fingerprint density at radius 3 is 3.14 bits per heavy atom. The van der Waals surface area contributed by atoms with E-state index in [0.29, 0.717) is 31.0 Å². The third kappa shape index (κ3) is 3.50. The molecule has 0 bridgehead atoms. The van der Waals surface area contributed by atoms with E-state index in [0.717, 1.165) is 29.6 Å². The largest absolute Gasteiger partial charge is 0.284 e. The van der Waals surface area contributed by atoms with Crippen molar-refractivity contribution in [2.75, 3.05) is 13.1 Å². The molecule has 1 aliphatic rings. The number of aryl methyl sites for hydroxylation is 1. The molecule has 1 aliphatic heterocycles. The molecule has 0 radical (unpaired) electrons. The quantitative estimate of drug-likeness (QED) is 0.635. The molecule has 0 aliphatic carbocycles. The first-order valence-corrected chi connectivity index (χ1v) is 8.04. The van der Waals surface area contributed by atoms with Gasteiger partial charge in [-0.15, -0.1) is 0 Å². The number of halogens is 2. The second-order valence-corrected chi connectivity index (χ2v) is 6.80. The first-order valence-electron chi connectivity index (χ1n) is 7.14. The number of hydrogen-bond donors (Lipinski definition) is 0.